The molecule has 0 saturated heterocycles. The first-order chi connectivity index (χ1) is 9.75. The molecular formula is C18H19BrClI. The van der Waals surface area contributed by atoms with Crippen molar-refractivity contribution in [1.82, 2.24) is 0 Å². The lowest BCUT2D eigenvalue weighted by atomic mass is 9.87. The standard InChI is InChI=1S/C18H19BrClI/c1-9-10(2)12(4)17(13(5)11(9)3)18(19)15-8-14(20)6-7-16(15)21/h6-8,18H,1-5H3. The van der Waals surface area contributed by atoms with E-state index in [4.69, 9.17) is 11.6 Å². The Balaban J connectivity index is 2.69. The molecule has 3 heteroatoms. The summed E-state index contributed by atoms with van der Waals surface area (Å²) in [5, 5.41) is 0.783. The summed E-state index contributed by atoms with van der Waals surface area (Å²) >= 11 is 12.5. The molecule has 2 rings (SSSR count). The molecule has 0 spiro atoms. The maximum atomic E-state index is 6.19. The zero-order valence-corrected chi connectivity index (χ0v) is 17.4. The highest BCUT2D eigenvalue weighted by Gasteiger charge is 2.21. The minimum absolute atomic E-state index is 0.168. The van der Waals surface area contributed by atoms with Crippen molar-refractivity contribution >= 4 is 50.1 Å². The van der Waals surface area contributed by atoms with E-state index in [1.165, 1.54) is 42.5 Å². The number of hydrogen-bond acceptors (Lipinski definition) is 0. The van der Waals surface area contributed by atoms with Crippen LogP contribution in [0.25, 0.3) is 0 Å². The monoisotopic (exact) mass is 476 g/mol. The number of hydrogen-bond donors (Lipinski definition) is 0. The van der Waals surface area contributed by atoms with Crippen molar-refractivity contribution in [1.29, 1.82) is 0 Å². The first-order valence-electron chi connectivity index (χ1n) is 6.91. The summed E-state index contributed by atoms with van der Waals surface area (Å²) in [5.41, 5.74) is 9.51. The van der Waals surface area contributed by atoms with Gasteiger partial charge in [-0.25, -0.2) is 0 Å². The molecule has 0 amide bonds. The summed E-state index contributed by atoms with van der Waals surface area (Å²) in [6.45, 7) is 11.1. The Morgan fingerprint density at radius 2 is 1.38 bits per heavy atom. The molecular weight excluding hydrogens is 458 g/mol. The van der Waals surface area contributed by atoms with E-state index in [-0.39, 0.29) is 4.83 Å². The third-order valence-corrected chi connectivity index (χ3v) is 6.71. The maximum Gasteiger partial charge on any atom is 0.0660 e. The third-order valence-electron chi connectivity index (χ3n) is 4.54. The predicted octanol–water partition coefficient (Wildman–Crippen LogP) is 6.97. The summed E-state index contributed by atoms with van der Waals surface area (Å²) in [4.78, 5) is 0.168. The van der Waals surface area contributed by atoms with Crippen LogP contribution in [-0.2, 0) is 0 Å². The first kappa shape index (κ1) is 17.3. The number of alkyl halides is 1. The van der Waals surface area contributed by atoms with Crippen LogP contribution in [0.4, 0.5) is 0 Å². The molecule has 0 heterocycles. The summed E-state index contributed by atoms with van der Waals surface area (Å²) < 4.78 is 1.23. The van der Waals surface area contributed by atoms with Crippen LogP contribution >= 0.6 is 50.1 Å². The quantitative estimate of drug-likeness (QED) is 0.324. The Bertz CT molecular complexity index is 678. The molecule has 0 aliphatic heterocycles. The third kappa shape index (κ3) is 3.18. The fraction of sp³-hybridized carbons (Fsp3) is 0.333. The van der Waals surface area contributed by atoms with Crippen LogP contribution in [0.15, 0.2) is 18.2 Å². The Morgan fingerprint density at radius 3 is 1.90 bits per heavy atom. The van der Waals surface area contributed by atoms with Gasteiger partial charge in [0.1, 0.15) is 0 Å². The minimum atomic E-state index is 0.168. The van der Waals surface area contributed by atoms with Gasteiger partial charge in [0.2, 0.25) is 0 Å². The van der Waals surface area contributed by atoms with Gasteiger partial charge in [0.05, 0.1) is 4.83 Å². The zero-order chi connectivity index (χ0) is 15.9. The van der Waals surface area contributed by atoms with E-state index >= 15 is 0 Å². The molecule has 0 aliphatic carbocycles. The lowest BCUT2D eigenvalue weighted by molar-refractivity contribution is 1.05. The van der Waals surface area contributed by atoms with Crippen LogP contribution in [0.2, 0.25) is 5.02 Å². The van der Waals surface area contributed by atoms with E-state index in [0.717, 1.165) is 5.02 Å². The molecule has 0 radical (unpaired) electrons. The van der Waals surface area contributed by atoms with Crippen molar-refractivity contribution in [2.24, 2.45) is 0 Å². The lowest BCUT2D eigenvalue weighted by Crippen LogP contribution is -2.06. The van der Waals surface area contributed by atoms with Gasteiger partial charge < -0.3 is 0 Å². The van der Waals surface area contributed by atoms with Crippen molar-refractivity contribution in [2.45, 2.75) is 39.4 Å². The van der Waals surface area contributed by atoms with Gasteiger partial charge in [-0.2, -0.15) is 0 Å². The maximum absolute atomic E-state index is 6.19. The van der Waals surface area contributed by atoms with Gasteiger partial charge in [-0.15, -0.1) is 0 Å². The molecule has 21 heavy (non-hydrogen) atoms. The number of halogens is 3. The fourth-order valence-electron chi connectivity index (χ4n) is 2.77. The molecule has 0 bridgehead atoms. The van der Waals surface area contributed by atoms with E-state index in [0.29, 0.717) is 0 Å². The minimum Gasteiger partial charge on any atom is -0.0843 e. The number of rotatable bonds is 2. The van der Waals surface area contributed by atoms with Gasteiger partial charge in [-0.3, -0.25) is 0 Å². The molecule has 0 aromatic heterocycles. The molecule has 1 atom stereocenters. The van der Waals surface area contributed by atoms with Crippen LogP contribution in [0, 0.1) is 38.2 Å². The van der Waals surface area contributed by atoms with Gasteiger partial charge in [-0.1, -0.05) is 27.5 Å². The molecule has 0 N–H and O–H groups in total. The van der Waals surface area contributed by atoms with Crippen LogP contribution in [0.1, 0.15) is 43.8 Å². The SMILES string of the molecule is Cc1c(C)c(C)c(C(Br)c2cc(Cl)ccc2I)c(C)c1C. The topological polar surface area (TPSA) is 0 Å². The molecule has 2 aromatic rings. The lowest BCUT2D eigenvalue weighted by Gasteiger charge is -2.23. The molecule has 0 aliphatic rings. The molecule has 0 fully saturated rings. The molecule has 112 valence electrons. The van der Waals surface area contributed by atoms with Crippen LogP contribution in [-0.4, -0.2) is 0 Å². The molecule has 1 unspecified atom stereocenters. The van der Waals surface area contributed by atoms with Crippen molar-refractivity contribution in [3.63, 3.8) is 0 Å². The molecule has 0 saturated carbocycles. The smallest absolute Gasteiger partial charge is 0.0660 e. The van der Waals surface area contributed by atoms with Gasteiger partial charge in [-0.05, 0) is 114 Å². The second-order valence-corrected chi connectivity index (χ2v) is 8.08. The summed E-state index contributed by atoms with van der Waals surface area (Å²) in [6.07, 6.45) is 0. The van der Waals surface area contributed by atoms with E-state index in [2.05, 4.69) is 85.3 Å². The zero-order valence-electron chi connectivity index (χ0n) is 12.9. The van der Waals surface area contributed by atoms with Crippen molar-refractivity contribution in [3.8, 4) is 0 Å². The van der Waals surface area contributed by atoms with Gasteiger partial charge in [0.25, 0.3) is 0 Å². The Morgan fingerprint density at radius 1 is 0.905 bits per heavy atom. The highest BCUT2D eigenvalue weighted by Crippen LogP contribution is 2.40. The van der Waals surface area contributed by atoms with E-state index in [1.807, 2.05) is 6.07 Å². The van der Waals surface area contributed by atoms with Crippen LogP contribution in [0.5, 0.6) is 0 Å². The second-order valence-electron chi connectivity index (χ2n) is 5.57. The highest BCUT2D eigenvalue weighted by molar-refractivity contribution is 14.1. The molecule has 0 nitrogen and oxygen atoms in total. The van der Waals surface area contributed by atoms with Gasteiger partial charge in [0, 0.05) is 8.59 Å². The van der Waals surface area contributed by atoms with Crippen LogP contribution < -0.4 is 0 Å². The largest absolute Gasteiger partial charge is 0.0843 e. The Hall–Kier alpha value is -0.0600. The summed E-state index contributed by atoms with van der Waals surface area (Å²) in [7, 11) is 0. The normalized spacial score (nSPS) is 12.6. The van der Waals surface area contributed by atoms with Crippen molar-refractivity contribution < 1.29 is 0 Å². The average molecular weight is 478 g/mol. The Labute approximate surface area is 154 Å². The van der Waals surface area contributed by atoms with E-state index in [9.17, 15) is 0 Å². The van der Waals surface area contributed by atoms with E-state index in [1.54, 1.807) is 0 Å². The summed E-state index contributed by atoms with van der Waals surface area (Å²) in [6, 6.07) is 6.08. The van der Waals surface area contributed by atoms with Crippen molar-refractivity contribution in [2.75, 3.05) is 0 Å². The fourth-order valence-corrected chi connectivity index (χ4v) is 5.09. The average Bonchev–Trinajstić information content (AvgIpc) is 2.45. The Kier molecular flexibility index (Phi) is 5.43. The highest BCUT2D eigenvalue weighted by atomic mass is 127. The predicted molar refractivity (Wildman–Crippen MR) is 105 cm³/mol. The number of benzene rings is 2. The van der Waals surface area contributed by atoms with Gasteiger partial charge in [0.15, 0.2) is 0 Å². The van der Waals surface area contributed by atoms with E-state index < -0.39 is 0 Å². The van der Waals surface area contributed by atoms with Crippen LogP contribution in [0.3, 0.4) is 0 Å². The second kappa shape index (κ2) is 6.59. The van der Waals surface area contributed by atoms with Crippen molar-refractivity contribution in [3.05, 3.63) is 65.7 Å². The molecule has 2 aromatic carbocycles. The first-order valence-corrected chi connectivity index (χ1v) is 9.28. The summed E-state index contributed by atoms with van der Waals surface area (Å²) in [5.74, 6) is 0. The van der Waals surface area contributed by atoms with Gasteiger partial charge >= 0.3 is 0 Å².